The summed E-state index contributed by atoms with van der Waals surface area (Å²) in [6.45, 7) is 1.54. The molecule has 1 heterocycles. The van der Waals surface area contributed by atoms with Crippen LogP contribution < -0.4 is 5.32 Å². The van der Waals surface area contributed by atoms with Crippen LogP contribution in [0.3, 0.4) is 0 Å². The van der Waals surface area contributed by atoms with E-state index in [0.29, 0.717) is 5.57 Å². The van der Waals surface area contributed by atoms with Crippen molar-refractivity contribution in [3.05, 3.63) is 70.5 Å². The SMILES string of the molecule is COC(=O)c1cc(NC2=NS(=O)(=O)C(c3ccc(F)cc3)=C2C)cc(C(=O)OC)c1. The summed E-state index contributed by atoms with van der Waals surface area (Å²) in [5, 5.41) is 2.82. The number of anilines is 1. The number of nitrogens with zero attached hydrogens (tertiary/aromatic N) is 1. The van der Waals surface area contributed by atoms with Crippen molar-refractivity contribution >= 4 is 38.4 Å². The quantitative estimate of drug-likeness (QED) is 0.740. The number of carbonyl (C=O) groups excluding carboxylic acids is 2. The van der Waals surface area contributed by atoms with Crippen LogP contribution in [0.2, 0.25) is 0 Å². The maximum absolute atomic E-state index is 13.2. The predicted molar refractivity (Wildman–Crippen MR) is 108 cm³/mol. The highest BCUT2D eigenvalue weighted by molar-refractivity contribution is 8.00. The number of hydrogen-bond donors (Lipinski definition) is 1. The van der Waals surface area contributed by atoms with Crippen molar-refractivity contribution in [1.29, 1.82) is 0 Å². The number of nitrogens with one attached hydrogen (secondary N) is 1. The lowest BCUT2D eigenvalue weighted by Crippen LogP contribution is -2.14. The fourth-order valence-corrected chi connectivity index (χ4v) is 4.36. The Kier molecular flexibility index (Phi) is 5.70. The van der Waals surface area contributed by atoms with Gasteiger partial charge >= 0.3 is 11.9 Å². The van der Waals surface area contributed by atoms with Crippen LogP contribution in [-0.2, 0) is 19.5 Å². The van der Waals surface area contributed by atoms with Gasteiger partial charge in [0.15, 0.2) is 0 Å². The molecule has 8 nitrogen and oxygen atoms in total. The molecule has 3 rings (SSSR count). The molecule has 0 unspecified atom stereocenters. The molecule has 1 aliphatic heterocycles. The average Bonchev–Trinajstić information content (AvgIpc) is 2.95. The molecule has 2 aromatic rings. The number of sulfonamides is 1. The molecule has 0 bridgehead atoms. The fourth-order valence-electron chi connectivity index (χ4n) is 2.93. The average molecular weight is 432 g/mol. The van der Waals surface area contributed by atoms with Crippen molar-refractivity contribution in [3.63, 3.8) is 0 Å². The van der Waals surface area contributed by atoms with Gasteiger partial charge in [0.05, 0.1) is 25.3 Å². The molecule has 0 fully saturated rings. The smallest absolute Gasteiger partial charge is 0.337 e. The minimum Gasteiger partial charge on any atom is -0.465 e. The first-order valence-electron chi connectivity index (χ1n) is 8.57. The Morgan fingerprint density at radius 2 is 1.50 bits per heavy atom. The number of ether oxygens (including phenoxy) is 2. The highest BCUT2D eigenvalue weighted by Crippen LogP contribution is 2.33. The molecule has 0 saturated heterocycles. The van der Waals surface area contributed by atoms with Gasteiger partial charge in [-0.3, -0.25) is 0 Å². The molecule has 1 aliphatic rings. The molecular weight excluding hydrogens is 415 g/mol. The van der Waals surface area contributed by atoms with Crippen molar-refractivity contribution in [2.75, 3.05) is 19.5 Å². The van der Waals surface area contributed by atoms with Gasteiger partial charge in [-0.05, 0) is 42.8 Å². The number of hydrogen-bond acceptors (Lipinski definition) is 7. The third kappa shape index (κ3) is 4.08. The number of esters is 2. The Morgan fingerprint density at radius 3 is 2.00 bits per heavy atom. The number of halogens is 1. The van der Waals surface area contributed by atoms with Gasteiger partial charge in [0.25, 0.3) is 10.0 Å². The minimum absolute atomic E-state index is 0.00663. The molecule has 2 aromatic carbocycles. The van der Waals surface area contributed by atoms with Gasteiger partial charge < -0.3 is 14.8 Å². The van der Waals surface area contributed by atoms with E-state index >= 15 is 0 Å². The Bertz CT molecular complexity index is 1170. The van der Waals surface area contributed by atoms with Crippen LogP contribution in [0.5, 0.6) is 0 Å². The molecule has 0 saturated carbocycles. The van der Waals surface area contributed by atoms with Crippen LogP contribution in [0, 0.1) is 5.82 Å². The van der Waals surface area contributed by atoms with Crippen LogP contribution in [0.15, 0.2) is 52.4 Å². The largest absolute Gasteiger partial charge is 0.465 e. The lowest BCUT2D eigenvalue weighted by atomic mass is 10.1. The van der Waals surface area contributed by atoms with Crippen LogP contribution in [-0.4, -0.2) is 40.4 Å². The zero-order valence-corrected chi connectivity index (χ0v) is 17.0. The van der Waals surface area contributed by atoms with Crippen LogP contribution in [0.1, 0.15) is 33.2 Å². The first-order valence-corrected chi connectivity index (χ1v) is 10.0. The van der Waals surface area contributed by atoms with Gasteiger partial charge in [-0.15, -0.1) is 4.40 Å². The Morgan fingerprint density at radius 1 is 0.967 bits per heavy atom. The van der Waals surface area contributed by atoms with E-state index in [1.54, 1.807) is 6.92 Å². The first-order chi connectivity index (χ1) is 14.2. The van der Waals surface area contributed by atoms with Crippen molar-refractivity contribution in [1.82, 2.24) is 0 Å². The summed E-state index contributed by atoms with van der Waals surface area (Å²) in [4.78, 5) is 23.8. The van der Waals surface area contributed by atoms with Crippen molar-refractivity contribution < 1.29 is 31.9 Å². The van der Waals surface area contributed by atoms with E-state index in [1.807, 2.05) is 0 Å². The van der Waals surface area contributed by atoms with E-state index < -0.39 is 27.8 Å². The van der Waals surface area contributed by atoms with Crippen LogP contribution in [0.25, 0.3) is 4.91 Å². The summed E-state index contributed by atoms with van der Waals surface area (Å²) in [7, 11) is -1.65. The maximum atomic E-state index is 13.2. The van der Waals surface area contributed by atoms with Gasteiger partial charge in [0.1, 0.15) is 16.6 Å². The second-order valence-corrected chi connectivity index (χ2v) is 7.82. The van der Waals surface area contributed by atoms with E-state index in [0.717, 1.165) is 12.1 Å². The summed E-state index contributed by atoms with van der Waals surface area (Å²) in [6.07, 6.45) is 0. The third-order valence-corrected chi connectivity index (χ3v) is 5.79. The molecular formula is C20H17FN2O6S. The summed E-state index contributed by atoms with van der Waals surface area (Å²) in [5.41, 5.74) is 0.930. The van der Waals surface area contributed by atoms with Gasteiger partial charge in [0, 0.05) is 11.3 Å². The normalized spacial score (nSPS) is 14.9. The van der Waals surface area contributed by atoms with Crippen molar-refractivity contribution in [3.8, 4) is 0 Å². The van der Waals surface area contributed by atoms with E-state index in [4.69, 9.17) is 0 Å². The number of carbonyl (C=O) groups is 2. The summed E-state index contributed by atoms with van der Waals surface area (Å²) >= 11 is 0. The third-order valence-electron chi connectivity index (χ3n) is 4.31. The zero-order valence-electron chi connectivity index (χ0n) is 16.2. The number of rotatable bonds is 4. The van der Waals surface area contributed by atoms with E-state index in [9.17, 15) is 22.4 Å². The van der Waals surface area contributed by atoms with Gasteiger partial charge in [-0.2, -0.15) is 8.42 Å². The highest BCUT2D eigenvalue weighted by atomic mass is 32.2. The van der Waals surface area contributed by atoms with Gasteiger partial charge in [-0.25, -0.2) is 14.0 Å². The van der Waals surface area contributed by atoms with Gasteiger partial charge in [-0.1, -0.05) is 12.1 Å². The second kappa shape index (κ2) is 8.07. The molecule has 0 atom stereocenters. The number of methoxy groups -OCH3 is 2. The monoisotopic (exact) mass is 432 g/mol. The Labute approximate surface area is 172 Å². The molecule has 0 aliphatic carbocycles. The molecule has 10 heteroatoms. The van der Waals surface area contributed by atoms with Crippen LogP contribution >= 0.6 is 0 Å². The summed E-state index contributed by atoms with van der Waals surface area (Å²) < 4.78 is 51.5. The fraction of sp³-hybridized carbons (Fsp3) is 0.150. The maximum Gasteiger partial charge on any atom is 0.337 e. The Hall–Kier alpha value is -3.53. The molecule has 0 radical (unpaired) electrons. The molecule has 156 valence electrons. The van der Waals surface area contributed by atoms with Crippen LogP contribution in [0.4, 0.5) is 10.1 Å². The number of amidine groups is 1. The molecule has 1 N–H and O–H groups in total. The predicted octanol–water partition coefficient (Wildman–Crippen LogP) is 2.98. The van der Waals surface area contributed by atoms with Crippen molar-refractivity contribution in [2.45, 2.75) is 6.92 Å². The number of benzene rings is 2. The lowest BCUT2D eigenvalue weighted by molar-refractivity contribution is 0.0599. The summed E-state index contributed by atoms with van der Waals surface area (Å²) in [5.74, 6) is -1.87. The van der Waals surface area contributed by atoms with Gasteiger partial charge in [0.2, 0.25) is 0 Å². The second-order valence-electron chi connectivity index (χ2n) is 6.28. The first kappa shape index (κ1) is 21.2. The molecule has 0 amide bonds. The van der Waals surface area contributed by atoms with Crippen molar-refractivity contribution in [2.24, 2.45) is 4.40 Å². The highest BCUT2D eigenvalue weighted by Gasteiger charge is 2.31. The van der Waals surface area contributed by atoms with E-state index in [-0.39, 0.29) is 33.1 Å². The van der Waals surface area contributed by atoms with E-state index in [2.05, 4.69) is 19.2 Å². The lowest BCUT2D eigenvalue weighted by Gasteiger charge is -2.11. The minimum atomic E-state index is -4.03. The Balaban J connectivity index is 2.04. The zero-order chi connectivity index (χ0) is 22.1. The topological polar surface area (TPSA) is 111 Å². The summed E-state index contributed by atoms with van der Waals surface area (Å²) in [6, 6.07) is 9.06. The molecule has 0 spiro atoms. The molecule has 0 aromatic heterocycles. The standard InChI is InChI=1S/C20H17FN2O6S/c1-11-17(12-4-6-15(21)7-5-12)30(26,27)23-18(11)22-16-9-13(19(24)28-2)8-14(10-16)20(25)29-3/h4-10H,1-3H3,(H,22,23). The molecule has 30 heavy (non-hydrogen) atoms. The van der Waals surface area contributed by atoms with E-state index in [1.165, 1.54) is 44.6 Å².